The van der Waals surface area contributed by atoms with Gasteiger partial charge in [0.15, 0.2) is 23.0 Å². The summed E-state index contributed by atoms with van der Waals surface area (Å²) in [5, 5.41) is 21.4. The van der Waals surface area contributed by atoms with Crippen LogP contribution in [0.15, 0.2) is 40.4 Å². The first-order chi connectivity index (χ1) is 15.9. The van der Waals surface area contributed by atoms with Gasteiger partial charge in [-0.15, -0.1) is 0 Å². The highest BCUT2D eigenvalue weighted by Gasteiger charge is 2.46. The van der Waals surface area contributed by atoms with Gasteiger partial charge in [0.05, 0.1) is 29.8 Å². The minimum atomic E-state index is -0.931. The molecular weight excluding hydrogens is 498 g/mol. The number of methoxy groups -OCH3 is 2. The zero-order valence-corrected chi connectivity index (χ0v) is 19.5. The number of ketones is 1. The molecule has 0 saturated carbocycles. The number of aliphatic hydroxyl groups is 1. The van der Waals surface area contributed by atoms with Gasteiger partial charge in [0.2, 0.25) is 0 Å². The van der Waals surface area contributed by atoms with Gasteiger partial charge in [-0.3, -0.25) is 9.59 Å². The number of amides is 1. The number of aliphatic hydroxyl groups excluding tert-OH is 1. The molecule has 1 fully saturated rings. The Morgan fingerprint density at radius 1 is 1.15 bits per heavy atom. The van der Waals surface area contributed by atoms with Crippen LogP contribution < -0.4 is 14.2 Å². The maximum absolute atomic E-state index is 13.1. The topological polar surface area (TPSA) is 115 Å². The van der Waals surface area contributed by atoms with Crippen LogP contribution in [0.1, 0.15) is 17.2 Å². The zero-order chi connectivity index (χ0) is 23.7. The first kappa shape index (κ1) is 22.9. The summed E-state index contributed by atoms with van der Waals surface area (Å²) in [5.74, 6) is -0.950. The lowest BCUT2D eigenvalue weighted by Gasteiger charge is -2.26. The fourth-order valence-corrected chi connectivity index (χ4v) is 4.36. The molecule has 2 aliphatic heterocycles. The van der Waals surface area contributed by atoms with Crippen LogP contribution in [0.5, 0.6) is 23.0 Å². The van der Waals surface area contributed by atoms with E-state index in [1.807, 2.05) is 0 Å². The fraction of sp³-hybridized carbons (Fsp3) is 0.304. The number of Topliss-reactive ketones (excluding diaryl/α,β-unsaturated/α-hetero) is 1. The number of hydrogen-bond donors (Lipinski definition) is 2. The van der Waals surface area contributed by atoms with Gasteiger partial charge < -0.3 is 34.1 Å². The maximum Gasteiger partial charge on any atom is 0.295 e. The van der Waals surface area contributed by atoms with E-state index in [4.69, 9.17) is 18.9 Å². The van der Waals surface area contributed by atoms with Crippen LogP contribution in [0.3, 0.4) is 0 Å². The third-order valence-corrected chi connectivity index (χ3v) is 6.08. The van der Waals surface area contributed by atoms with Crippen molar-refractivity contribution in [3.63, 3.8) is 0 Å². The average Bonchev–Trinajstić information content (AvgIpc) is 3.08. The molecule has 4 rings (SSSR count). The second kappa shape index (κ2) is 9.32. The zero-order valence-electron chi connectivity index (χ0n) is 18.0. The molecule has 0 aromatic heterocycles. The molecule has 1 unspecified atom stereocenters. The summed E-state index contributed by atoms with van der Waals surface area (Å²) in [6.45, 7) is 1.08. The van der Waals surface area contributed by atoms with E-state index >= 15 is 0 Å². The highest BCUT2D eigenvalue weighted by molar-refractivity contribution is 9.10. The Labute approximate surface area is 198 Å². The molecule has 2 heterocycles. The first-order valence-electron chi connectivity index (χ1n) is 10.1. The van der Waals surface area contributed by atoms with Gasteiger partial charge in [-0.2, -0.15) is 0 Å². The van der Waals surface area contributed by atoms with Crippen LogP contribution in [0.2, 0.25) is 0 Å². The number of fused-ring (bicyclic) bond motifs is 1. The van der Waals surface area contributed by atoms with Gasteiger partial charge in [0.1, 0.15) is 19.0 Å². The molecule has 0 aliphatic carbocycles. The number of carbonyl (C=O) groups is 2. The number of carbonyl (C=O) groups excluding carboxylic acids is 2. The van der Waals surface area contributed by atoms with Crippen molar-refractivity contribution >= 4 is 33.4 Å². The molecule has 33 heavy (non-hydrogen) atoms. The lowest BCUT2D eigenvalue weighted by Crippen LogP contribution is -2.32. The Hall–Kier alpha value is -3.24. The molecule has 2 aromatic rings. The number of rotatable bonds is 6. The van der Waals surface area contributed by atoms with E-state index in [0.717, 1.165) is 0 Å². The van der Waals surface area contributed by atoms with E-state index in [0.29, 0.717) is 40.3 Å². The molecular formula is C23H22BrNO8. The lowest BCUT2D eigenvalue weighted by molar-refractivity contribution is -0.140. The number of aromatic hydroxyl groups is 1. The number of nitrogens with zero attached hydrogens (tertiary/aromatic N) is 1. The summed E-state index contributed by atoms with van der Waals surface area (Å²) < 4.78 is 21.8. The molecule has 0 bridgehead atoms. The molecule has 10 heteroatoms. The largest absolute Gasteiger partial charge is 0.507 e. The van der Waals surface area contributed by atoms with Crippen molar-refractivity contribution in [2.24, 2.45) is 0 Å². The molecule has 174 valence electrons. The summed E-state index contributed by atoms with van der Waals surface area (Å²) in [5.41, 5.74) is 0.678. The predicted octanol–water partition coefficient (Wildman–Crippen LogP) is 3.00. The number of phenolic OH excluding ortho intramolecular Hbond substituents is 1. The van der Waals surface area contributed by atoms with Gasteiger partial charge >= 0.3 is 0 Å². The molecule has 1 atom stereocenters. The van der Waals surface area contributed by atoms with Gasteiger partial charge in [-0.1, -0.05) is 0 Å². The number of likely N-dealkylation sites (tertiary alicyclic amines) is 1. The molecule has 2 aliphatic rings. The monoisotopic (exact) mass is 519 g/mol. The number of hydrogen-bond acceptors (Lipinski definition) is 8. The van der Waals surface area contributed by atoms with Crippen molar-refractivity contribution in [3.8, 4) is 23.0 Å². The van der Waals surface area contributed by atoms with E-state index < -0.39 is 17.7 Å². The van der Waals surface area contributed by atoms with E-state index in [1.54, 1.807) is 24.3 Å². The van der Waals surface area contributed by atoms with E-state index in [9.17, 15) is 19.8 Å². The van der Waals surface area contributed by atoms with Crippen molar-refractivity contribution in [3.05, 3.63) is 51.5 Å². The molecule has 1 saturated heterocycles. The molecule has 0 radical (unpaired) electrons. The normalized spacial score (nSPS) is 19.1. The number of halogens is 1. The fourth-order valence-electron chi connectivity index (χ4n) is 3.90. The van der Waals surface area contributed by atoms with Crippen molar-refractivity contribution in [2.45, 2.75) is 6.04 Å². The quantitative estimate of drug-likeness (QED) is 0.340. The van der Waals surface area contributed by atoms with Crippen LogP contribution in [-0.2, 0) is 14.3 Å². The van der Waals surface area contributed by atoms with Crippen molar-refractivity contribution in [1.29, 1.82) is 0 Å². The molecule has 0 spiro atoms. The average molecular weight is 520 g/mol. The standard InChI is InChI=1S/C23H22BrNO8/c1-30-6-5-25-19(13-9-14(24)21(27)17(11-13)31-2)18(22(28)23(25)29)20(26)12-3-4-15-16(10-12)33-8-7-32-15/h3-4,9-11,19,26-27H,5-8H2,1-2H3/b20-18-. The number of phenols is 1. The summed E-state index contributed by atoms with van der Waals surface area (Å²) in [6.07, 6.45) is 0. The molecule has 2 aromatic carbocycles. The van der Waals surface area contributed by atoms with Gasteiger partial charge in [-0.05, 0) is 51.8 Å². The first-order valence-corrected chi connectivity index (χ1v) is 10.9. The minimum Gasteiger partial charge on any atom is -0.507 e. The van der Waals surface area contributed by atoms with Crippen LogP contribution in [0.4, 0.5) is 0 Å². The van der Waals surface area contributed by atoms with Crippen molar-refractivity contribution in [1.82, 2.24) is 4.90 Å². The summed E-state index contributed by atoms with van der Waals surface area (Å²) in [7, 11) is 2.88. The second-order valence-electron chi connectivity index (χ2n) is 7.40. The smallest absolute Gasteiger partial charge is 0.295 e. The number of ether oxygens (including phenoxy) is 4. The summed E-state index contributed by atoms with van der Waals surface area (Å²) in [6, 6.07) is 6.96. The maximum atomic E-state index is 13.1. The van der Waals surface area contributed by atoms with Crippen molar-refractivity contribution < 1.29 is 38.7 Å². The van der Waals surface area contributed by atoms with Crippen LogP contribution in [0.25, 0.3) is 5.76 Å². The van der Waals surface area contributed by atoms with Gasteiger partial charge in [0.25, 0.3) is 11.7 Å². The Morgan fingerprint density at radius 2 is 1.88 bits per heavy atom. The number of benzene rings is 2. The van der Waals surface area contributed by atoms with Crippen LogP contribution >= 0.6 is 15.9 Å². The Morgan fingerprint density at radius 3 is 2.58 bits per heavy atom. The second-order valence-corrected chi connectivity index (χ2v) is 8.25. The SMILES string of the molecule is COCCN1C(=O)C(=O)/C(=C(\O)c2ccc3c(c2)OCCO3)C1c1cc(Br)c(O)c(OC)c1. The Kier molecular flexibility index (Phi) is 6.48. The third kappa shape index (κ3) is 4.11. The predicted molar refractivity (Wildman–Crippen MR) is 121 cm³/mol. The van der Waals surface area contributed by atoms with E-state index in [-0.39, 0.29) is 36.0 Å². The lowest BCUT2D eigenvalue weighted by atomic mass is 9.95. The van der Waals surface area contributed by atoms with Gasteiger partial charge in [0, 0.05) is 19.2 Å². The highest BCUT2D eigenvalue weighted by Crippen LogP contribution is 2.44. The van der Waals surface area contributed by atoms with Crippen LogP contribution in [-0.4, -0.2) is 67.4 Å². The molecule has 2 N–H and O–H groups in total. The highest BCUT2D eigenvalue weighted by atomic mass is 79.9. The summed E-state index contributed by atoms with van der Waals surface area (Å²) in [4.78, 5) is 27.3. The molecule has 1 amide bonds. The Bertz CT molecular complexity index is 1150. The molecule has 9 nitrogen and oxygen atoms in total. The van der Waals surface area contributed by atoms with E-state index in [2.05, 4.69) is 15.9 Å². The minimum absolute atomic E-state index is 0.0903. The van der Waals surface area contributed by atoms with Gasteiger partial charge in [-0.25, -0.2) is 0 Å². The van der Waals surface area contributed by atoms with Crippen molar-refractivity contribution in [2.75, 3.05) is 40.6 Å². The van der Waals surface area contributed by atoms with E-state index in [1.165, 1.54) is 25.2 Å². The Balaban J connectivity index is 1.88. The summed E-state index contributed by atoms with van der Waals surface area (Å²) >= 11 is 3.28. The third-order valence-electron chi connectivity index (χ3n) is 5.48. The van der Waals surface area contributed by atoms with Crippen LogP contribution in [0, 0.1) is 0 Å².